The lowest BCUT2D eigenvalue weighted by atomic mass is 10.2. The molecular weight excluding hydrogens is 272 g/mol. The van der Waals surface area contributed by atoms with Gasteiger partial charge in [-0.1, -0.05) is 25.1 Å². The molecule has 1 aromatic rings. The minimum atomic E-state index is 1.07. The molecule has 0 aromatic heterocycles. The van der Waals surface area contributed by atoms with Crippen LogP contribution in [0.4, 0.5) is 24.0 Å². The summed E-state index contributed by atoms with van der Waals surface area (Å²) in [5.74, 6) is 0. The molecule has 2 N–H and O–H groups in total. The third-order valence-corrected chi connectivity index (χ3v) is 2.67. The van der Waals surface area contributed by atoms with Crippen LogP contribution in [0, 0.1) is 6.92 Å². The molecule has 118 valence electrons. The Balaban J connectivity index is 0. The highest BCUT2D eigenvalue weighted by Crippen LogP contribution is 2.12. The first-order chi connectivity index (χ1) is 9.84. The van der Waals surface area contributed by atoms with Crippen LogP contribution in [0.5, 0.6) is 0 Å². The number of hydrogen-bond donors (Lipinski definition) is 2. The Hall–Kier alpha value is -1.30. The number of anilines is 1. The summed E-state index contributed by atoms with van der Waals surface area (Å²) in [6.45, 7) is 7.70. The van der Waals surface area contributed by atoms with Crippen molar-refractivity contribution < 1.29 is 18.3 Å². The number of benzene rings is 1. The molecule has 0 fully saturated rings. The smallest absolute Gasteiger partial charge is 0.0369 e. The molecule has 1 aromatic carbocycles. The monoisotopic (exact) mass is 296 g/mol. The summed E-state index contributed by atoms with van der Waals surface area (Å²) in [4.78, 5) is 0. The average molecular weight is 296 g/mol. The predicted molar refractivity (Wildman–Crippen MR) is 76.5 cm³/mol. The molecule has 0 bridgehead atoms. The van der Waals surface area contributed by atoms with Gasteiger partial charge in [0.15, 0.2) is 0 Å². The predicted octanol–water partition coefficient (Wildman–Crippen LogP) is 4.87. The van der Waals surface area contributed by atoms with Crippen LogP contribution in [0.1, 0.15) is 31.7 Å². The molecular formula is C14H24F4N2. The molecule has 20 heavy (non-hydrogen) atoms. The quantitative estimate of drug-likeness (QED) is 0.528. The Kier molecular flexibility index (Phi) is 18.6. The van der Waals surface area contributed by atoms with E-state index >= 15 is 0 Å². The van der Waals surface area contributed by atoms with Gasteiger partial charge in [-0.05, 0) is 50.9 Å². The highest BCUT2D eigenvalue weighted by atomic mass is 20.0. The fourth-order valence-corrected chi connectivity index (χ4v) is 1.67. The topological polar surface area (TPSA) is 24.1 Å². The summed E-state index contributed by atoms with van der Waals surface area (Å²) in [7, 11) is 0. The van der Waals surface area contributed by atoms with Gasteiger partial charge in [0.25, 0.3) is 0 Å². The van der Waals surface area contributed by atoms with Crippen molar-refractivity contribution in [2.24, 2.45) is 0 Å². The third-order valence-electron chi connectivity index (χ3n) is 2.67. The second-order valence-electron chi connectivity index (χ2n) is 4.20. The molecule has 0 atom stereocenters. The molecule has 0 saturated carbocycles. The molecule has 0 spiro atoms. The average Bonchev–Trinajstić information content (AvgIpc) is 2.52. The Bertz CT molecular complexity index is 298. The van der Waals surface area contributed by atoms with E-state index in [1.807, 2.05) is 0 Å². The van der Waals surface area contributed by atoms with E-state index in [9.17, 15) is 0 Å². The van der Waals surface area contributed by atoms with E-state index in [0.29, 0.717) is 0 Å². The highest BCUT2D eigenvalue weighted by molar-refractivity contribution is 5.49. The SMILES string of the molecule is CCCNCCCCNc1ccccc1C.FF.FF. The zero-order valence-corrected chi connectivity index (χ0v) is 12.1. The van der Waals surface area contributed by atoms with Gasteiger partial charge in [0, 0.05) is 30.5 Å². The van der Waals surface area contributed by atoms with Crippen molar-refractivity contribution >= 4 is 5.69 Å². The Labute approximate surface area is 118 Å². The van der Waals surface area contributed by atoms with Gasteiger partial charge in [-0.2, -0.15) is 0 Å². The van der Waals surface area contributed by atoms with Crippen molar-refractivity contribution in [3.63, 3.8) is 0 Å². The fourth-order valence-electron chi connectivity index (χ4n) is 1.67. The van der Waals surface area contributed by atoms with Crippen molar-refractivity contribution in [3.8, 4) is 0 Å². The lowest BCUT2D eigenvalue weighted by Crippen LogP contribution is -2.16. The number of nitrogens with one attached hydrogen (secondary N) is 2. The largest absolute Gasteiger partial charge is 0.385 e. The summed E-state index contributed by atoms with van der Waals surface area (Å²) < 4.78 is 32.0. The van der Waals surface area contributed by atoms with Crippen molar-refractivity contribution in [2.75, 3.05) is 25.0 Å². The second kappa shape index (κ2) is 17.7. The highest BCUT2D eigenvalue weighted by Gasteiger charge is 1.94. The molecule has 6 heteroatoms. The molecule has 0 aliphatic rings. The van der Waals surface area contributed by atoms with Gasteiger partial charge in [0.05, 0.1) is 0 Å². The maximum Gasteiger partial charge on any atom is 0.0369 e. The maximum absolute atomic E-state index is 8.00. The number of aryl methyl sites for hydroxylation is 1. The third kappa shape index (κ3) is 11.8. The van der Waals surface area contributed by atoms with Crippen LogP contribution in [0.2, 0.25) is 0 Å². The van der Waals surface area contributed by atoms with Crippen LogP contribution >= 0.6 is 0 Å². The summed E-state index contributed by atoms with van der Waals surface area (Å²) in [6, 6.07) is 8.45. The Morgan fingerprint density at radius 1 is 0.900 bits per heavy atom. The van der Waals surface area contributed by atoms with Gasteiger partial charge in [0.2, 0.25) is 0 Å². The van der Waals surface area contributed by atoms with Gasteiger partial charge in [-0.25, -0.2) is 0 Å². The summed E-state index contributed by atoms with van der Waals surface area (Å²) in [5, 5.41) is 6.89. The van der Waals surface area contributed by atoms with Crippen LogP contribution in [0.3, 0.4) is 0 Å². The first-order valence-corrected chi connectivity index (χ1v) is 6.63. The van der Waals surface area contributed by atoms with Crippen molar-refractivity contribution in [3.05, 3.63) is 29.8 Å². The molecule has 0 radical (unpaired) electrons. The first-order valence-electron chi connectivity index (χ1n) is 6.63. The van der Waals surface area contributed by atoms with Crippen molar-refractivity contribution in [2.45, 2.75) is 33.1 Å². The maximum atomic E-state index is 8.00. The van der Waals surface area contributed by atoms with Gasteiger partial charge >= 0.3 is 0 Å². The molecule has 0 saturated heterocycles. The van der Waals surface area contributed by atoms with Crippen LogP contribution in [0.25, 0.3) is 0 Å². The molecule has 0 aliphatic carbocycles. The van der Waals surface area contributed by atoms with E-state index in [2.05, 4.69) is 48.7 Å². The van der Waals surface area contributed by atoms with Gasteiger partial charge in [-0.3, -0.25) is 0 Å². The lowest BCUT2D eigenvalue weighted by Gasteiger charge is -2.09. The van der Waals surface area contributed by atoms with Crippen molar-refractivity contribution in [1.29, 1.82) is 0 Å². The lowest BCUT2D eigenvalue weighted by molar-refractivity contribution is 0.108. The summed E-state index contributed by atoms with van der Waals surface area (Å²) >= 11 is 0. The number of para-hydroxylation sites is 1. The number of rotatable bonds is 8. The Morgan fingerprint density at radius 2 is 1.50 bits per heavy atom. The number of unbranched alkanes of at least 4 members (excludes halogenated alkanes) is 1. The van der Waals surface area contributed by atoms with E-state index < -0.39 is 0 Å². The van der Waals surface area contributed by atoms with E-state index in [0.717, 1.165) is 19.6 Å². The van der Waals surface area contributed by atoms with E-state index in [1.54, 1.807) is 0 Å². The van der Waals surface area contributed by atoms with Crippen LogP contribution in [-0.2, 0) is 0 Å². The van der Waals surface area contributed by atoms with E-state index in [1.165, 1.54) is 30.5 Å². The zero-order chi connectivity index (χ0) is 15.6. The Morgan fingerprint density at radius 3 is 2.10 bits per heavy atom. The molecule has 0 amide bonds. The first kappa shape index (κ1) is 21.0. The van der Waals surface area contributed by atoms with Crippen molar-refractivity contribution in [1.82, 2.24) is 5.32 Å². The zero-order valence-electron chi connectivity index (χ0n) is 12.1. The summed E-state index contributed by atoms with van der Waals surface area (Å²) in [5.41, 5.74) is 2.59. The second-order valence-corrected chi connectivity index (χ2v) is 4.20. The summed E-state index contributed by atoms with van der Waals surface area (Å²) in [6.07, 6.45) is 3.70. The molecule has 1 rings (SSSR count). The van der Waals surface area contributed by atoms with Crippen LogP contribution < -0.4 is 10.6 Å². The molecule has 0 heterocycles. The molecule has 0 unspecified atom stereocenters. The van der Waals surface area contributed by atoms with E-state index in [4.69, 9.17) is 18.3 Å². The minimum absolute atomic E-state index is 1.07. The molecule has 0 aliphatic heterocycles. The fraction of sp³-hybridized carbons (Fsp3) is 0.571. The number of halogens is 4. The standard InChI is InChI=1S/C14H24N2.2F2/c1-3-10-15-11-6-7-12-16-14-9-5-4-8-13(14)2;2*1-2/h4-5,8-9,15-16H,3,6-7,10-12H2,1-2H3;;. The molecule has 2 nitrogen and oxygen atoms in total. The van der Waals surface area contributed by atoms with Crippen LogP contribution in [-0.4, -0.2) is 19.6 Å². The van der Waals surface area contributed by atoms with Gasteiger partial charge in [0.1, 0.15) is 0 Å². The normalized spacial score (nSPS) is 8.90. The van der Waals surface area contributed by atoms with Crippen LogP contribution in [0.15, 0.2) is 24.3 Å². The van der Waals surface area contributed by atoms with Gasteiger partial charge < -0.3 is 10.6 Å². The van der Waals surface area contributed by atoms with Gasteiger partial charge in [-0.15, -0.1) is 0 Å². The van der Waals surface area contributed by atoms with E-state index in [-0.39, 0.29) is 0 Å². The number of hydrogen-bond acceptors (Lipinski definition) is 2. The minimum Gasteiger partial charge on any atom is -0.385 e.